The molecular formula is C14H12FN3O2. The molecule has 2 aromatic rings. The van der Waals surface area contributed by atoms with Crippen molar-refractivity contribution in [1.82, 2.24) is 10.3 Å². The van der Waals surface area contributed by atoms with Crippen molar-refractivity contribution in [2.45, 2.75) is 0 Å². The van der Waals surface area contributed by atoms with E-state index in [0.29, 0.717) is 11.3 Å². The number of pyridine rings is 1. The van der Waals surface area contributed by atoms with Gasteiger partial charge in [-0.1, -0.05) is 6.07 Å². The van der Waals surface area contributed by atoms with E-state index < -0.39 is 17.6 Å². The van der Waals surface area contributed by atoms with Crippen LogP contribution in [-0.4, -0.2) is 23.3 Å². The van der Waals surface area contributed by atoms with Crippen LogP contribution in [0.15, 0.2) is 48.8 Å². The Labute approximate surface area is 114 Å². The van der Waals surface area contributed by atoms with Crippen LogP contribution in [0.25, 0.3) is 0 Å². The Morgan fingerprint density at radius 2 is 2.05 bits per heavy atom. The summed E-state index contributed by atoms with van der Waals surface area (Å²) in [5, 5.41) is 4.93. The number of carbonyl (C=O) groups is 2. The maximum absolute atomic E-state index is 12.9. The molecule has 0 bridgehead atoms. The fourth-order valence-corrected chi connectivity index (χ4v) is 1.53. The van der Waals surface area contributed by atoms with Crippen LogP contribution in [-0.2, 0) is 4.79 Å². The summed E-state index contributed by atoms with van der Waals surface area (Å²) < 4.78 is 12.9. The third-order valence-corrected chi connectivity index (χ3v) is 2.44. The number of anilines is 1. The highest BCUT2D eigenvalue weighted by Crippen LogP contribution is 2.08. The molecule has 0 radical (unpaired) electrons. The second kappa shape index (κ2) is 6.42. The van der Waals surface area contributed by atoms with Crippen molar-refractivity contribution in [2.24, 2.45) is 0 Å². The highest BCUT2D eigenvalue weighted by Gasteiger charge is 2.08. The van der Waals surface area contributed by atoms with E-state index in [1.165, 1.54) is 24.4 Å². The number of carbonyl (C=O) groups excluding carboxylic acids is 2. The Kier molecular flexibility index (Phi) is 4.39. The fourth-order valence-electron chi connectivity index (χ4n) is 1.53. The summed E-state index contributed by atoms with van der Waals surface area (Å²) in [5.41, 5.74) is 0.705. The smallest absolute Gasteiger partial charge is 0.253 e. The number of amides is 2. The molecule has 102 valence electrons. The van der Waals surface area contributed by atoms with E-state index in [4.69, 9.17) is 0 Å². The minimum atomic E-state index is -0.442. The normalized spacial score (nSPS) is 9.85. The molecule has 0 fully saturated rings. The third kappa shape index (κ3) is 3.88. The highest BCUT2D eigenvalue weighted by molar-refractivity contribution is 5.99. The van der Waals surface area contributed by atoms with E-state index in [9.17, 15) is 14.0 Å². The summed E-state index contributed by atoms with van der Waals surface area (Å²) in [6, 6.07) is 8.73. The van der Waals surface area contributed by atoms with Crippen molar-refractivity contribution in [3.8, 4) is 0 Å². The first-order chi connectivity index (χ1) is 9.65. The van der Waals surface area contributed by atoms with E-state index in [1.807, 2.05) is 0 Å². The first-order valence-corrected chi connectivity index (χ1v) is 5.89. The lowest BCUT2D eigenvalue weighted by molar-refractivity contribution is -0.115. The Balaban J connectivity index is 1.85. The Morgan fingerprint density at radius 3 is 2.75 bits per heavy atom. The van der Waals surface area contributed by atoms with Gasteiger partial charge in [0, 0.05) is 18.1 Å². The SMILES string of the molecule is O=C(CNC(=O)c1cccnc1)Nc1cccc(F)c1. The molecule has 0 saturated carbocycles. The Hall–Kier alpha value is -2.76. The van der Waals surface area contributed by atoms with Crippen molar-refractivity contribution in [1.29, 1.82) is 0 Å². The van der Waals surface area contributed by atoms with Crippen LogP contribution in [0.2, 0.25) is 0 Å². The molecule has 20 heavy (non-hydrogen) atoms. The van der Waals surface area contributed by atoms with Gasteiger partial charge in [0.05, 0.1) is 12.1 Å². The first kappa shape index (κ1) is 13.7. The predicted molar refractivity (Wildman–Crippen MR) is 71.6 cm³/mol. The molecule has 0 atom stereocenters. The van der Waals surface area contributed by atoms with Crippen molar-refractivity contribution >= 4 is 17.5 Å². The van der Waals surface area contributed by atoms with E-state index >= 15 is 0 Å². The molecule has 2 N–H and O–H groups in total. The number of aromatic nitrogens is 1. The van der Waals surface area contributed by atoms with Gasteiger partial charge in [0.15, 0.2) is 0 Å². The van der Waals surface area contributed by atoms with Gasteiger partial charge >= 0.3 is 0 Å². The van der Waals surface area contributed by atoms with Gasteiger partial charge in [-0.25, -0.2) is 4.39 Å². The van der Waals surface area contributed by atoms with E-state index in [2.05, 4.69) is 15.6 Å². The predicted octanol–water partition coefficient (Wildman–Crippen LogP) is 1.59. The van der Waals surface area contributed by atoms with Gasteiger partial charge in [-0.2, -0.15) is 0 Å². The summed E-state index contributed by atoms with van der Waals surface area (Å²) in [6.45, 7) is -0.204. The number of nitrogens with one attached hydrogen (secondary N) is 2. The van der Waals surface area contributed by atoms with Crippen LogP contribution < -0.4 is 10.6 Å². The zero-order chi connectivity index (χ0) is 14.4. The molecule has 1 aromatic heterocycles. The Bertz CT molecular complexity index is 617. The lowest BCUT2D eigenvalue weighted by Gasteiger charge is -2.06. The molecule has 5 nitrogen and oxygen atoms in total. The van der Waals surface area contributed by atoms with Crippen LogP contribution >= 0.6 is 0 Å². The number of hydrogen-bond acceptors (Lipinski definition) is 3. The molecule has 2 rings (SSSR count). The van der Waals surface area contributed by atoms with Crippen LogP contribution in [0.5, 0.6) is 0 Å². The van der Waals surface area contributed by atoms with Crippen molar-refractivity contribution in [2.75, 3.05) is 11.9 Å². The van der Waals surface area contributed by atoms with Gasteiger partial charge in [-0.15, -0.1) is 0 Å². The van der Waals surface area contributed by atoms with Crippen LogP contribution in [0.4, 0.5) is 10.1 Å². The average molecular weight is 273 g/mol. The monoisotopic (exact) mass is 273 g/mol. The number of hydrogen-bond donors (Lipinski definition) is 2. The van der Waals surface area contributed by atoms with Crippen molar-refractivity contribution in [3.05, 3.63) is 60.2 Å². The molecule has 2 amide bonds. The lowest BCUT2D eigenvalue weighted by Crippen LogP contribution is -2.32. The van der Waals surface area contributed by atoms with Gasteiger partial charge in [0.2, 0.25) is 5.91 Å². The zero-order valence-electron chi connectivity index (χ0n) is 10.5. The molecule has 0 aliphatic heterocycles. The summed E-state index contributed by atoms with van der Waals surface area (Å²) in [4.78, 5) is 27.1. The van der Waals surface area contributed by atoms with Crippen molar-refractivity contribution in [3.63, 3.8) is 0 Å². The second-order valence-corrected chi connectivity index (χ2v) is 3.98. The minimum absolute atomic E-state index is 0.204. The van der Waals surface area contributed by atoms with Crippen LogP contribution in [0.1, 0.15) is 10.4 Å². The second-order valence-electron chi connectivity index (χ2n) is 3.98. The quantitative estimate of drug-likeness (QED) is 0.888. The standard InChI is InChI=1S/C14H12FN3O2/c15-11-4-1-5-12(7-11)18-13(19)9-17-14(20)10-3-2-6-16-8-10/h1-8H,9H2,(H,17,20)(H,18,19). The molecule has 1 aromatic carbocycles. The Morgan fingerprint density at radius 1 is 1.20 bits per heavy atom. The molecule has 0 spiro atoms. The molecular weight excluding hydrogens is 261 g/mol. The molecule has 0 unspecified atom stereocenters. The summed E-state index contributed by atoms with van der Waals surface area (Å²) in [5.74, 6) is -1.28. The molecule has 1 heterocycles. The van der Waals surface area contributed by atoms with Crippen LogP contribution in [0.3, 0.4) is 0 Å². The van der Waals surface area contributed by atoms with Gasteiger partial charge in [0.25, 0.3) is 5.91 Å². The summed E-state index contributed by atoms with van der Waals surface area (Å²) in [7, 11) is 0. The maximum Gasteiger partial charge on any atom is 0.253 e. The molecule has 0 saturated heterocycles. The topological polar surface area (TPSA) is 71.1 Å². The first-order valence-electron chi connectivity index (χ1n) is 5.89. The number of benzene rings is 1. The zero-order valence-corrected chi connectivity index (χ0v) is 10.5. The number of rotatable bonds is 4. The highest BCUT2D eigenvalue weighted by atomic mass is 19.1. The van der Waals surface area contributed by atoms with Gasteiger partial charge in [-0.05, 0) is 30.3 Å². The largest absolute Gasteiger partial charge is 0.343 e. The molecule has 6 heteroatoms. The lowest BCUT2D eigenvalue weighted by atomic mass is 10.2. The number of nitrogens with zero attached hydrogens (tertiary/aromatic N) is 1. The van der Waals surface area contributed by atoms with E-state index in [-0.39, 0.29) is 6.54 Å². The third-order valence-electron chi connectivity index (χ3n) is 2.44. The van der Waals surface area contributed by atoms with Crippen LogP contribution in [0, 0.1) is 5.82 Å². The molecule has 0 aliphatic rings. The minimum Gasteiger partial charge on any atom is -0.343 e. The fraction of sp³-hybridized carbons (Fsp3) is 0.0714. The number of halogens is 1. The average Bonchev–Trinajstić information content (AvgIpc) is 2.46. The van der Waals surface area contributed by atoms with E-state index in [0.717, 1.165) is 0 Å². The van der Waals surface area contributed by atoms with Gasteiger partial charge in [0.1, 0.15) is 5.82 Å². The summed E-state index contributed by atoms with van der Waals surface area (Å²) in [6.07, 6.45) is 2.95. The van der Waals surface area contributed by atoms with Gasteiger partial charge in [-0.3, -0.25) is 14.6 Å². The molecule has 0 aliphatic carbocycles. The maximum atomic E-state index is 12.9. The van der Waals surface area contributed by atoms with E-state index in [1.54, 1.807) is 24.4 Å². The van der Waals surface area contributed by atoms with Crippen molar-refractivity contribution < 1.29 is 14.0 Å². The summed E-state index contributed by atoms with van der Waals surface area (Å²) >= 11 is 0. The van der Waals surface area contributed by atoms with Gasteiger partial charge < -0.3 is 10.6 Å².